The Morgan fingerprint density at radius 1 is 1.19 bits per heavy atom. The predicted octanol–water partition coefficient (Wildman–Crippen LogP) is 1.34. The highest BCUT2D eigenvalue weighted by Gasteiger charge is 2.24. The monoisotopic (exact) mass is 462 g/mol. The van der Waals surface area contributed by atoms with E-state index in [1.54, 1.807) is 24.3 Å². The van der Waals surface area contributed by atoms with Crippen LogP contribution < -0.4 is 20.9 Å². The van der Waals surface area contributed by atoms with Gasteiger partial charge in [0.15, 0.2) is 0 Å². The summed E-state index contributed by atoms with van der Waals surface area (Å²) in [4.78, 5) is 25.0. The number of ether oxygens (including phenoxy) is 1. The normalized spacial score (nSPS) is 16.0. The van der Waals surface area contributed by atoms with Crippen LogP contribution in [0.4, 0.5) is 0 Å². The van der Waals surface area contributed by atoms with Crippen molar-refractivity contribution in [3.05, 3.63) is 59.7 Å². The maximum atomic E-state index is 12.4. The summed E-state index contributed by atoms with van der Waals surface area (Å²) in [6.07, 6.45) is 2.17. The van der Waals surface area contributed by atoms with Crippen LogP contribution in [0.1, 0.15) is 40.5 Å². The summed E-state index contributed by atoms with van der Waals surface area (Å²) in [6, 6.07) is 13.1. The number of methoxy groups -OCH3 is 1. The lowest BCUT2D eigenvalue weighted by Gasteiger charge is -2.23. The molecule has 174 valence electrons. The van der Waals surface area contributed by atoms with Crippen LogP contribution in [0.3, 0.4) is 0 Å². The van der Waals surface area contributed by atoms with Gasteiger partial charge in [-0.25, -0.2) is 13.6 Å². The first-order valence-corrected chi connectivity index (χ1v) is 11.8. The summed E-state index contributed by atoms with van der Waals surface area (Å²) >= 11 is 0. The summed E-state index contributed by atoms with van der Waals surface area (Å²) < 4.78 is 28.1. The van der Waals surface area contributed by atoms with E-state index in [4.69, 9.17) is 15.6 Å². The van der Waals surface area contributed by atoms with E-state index in [-0.39, 0.29) is 22.3 Å². The SMILES string of the molecule is CCN1CCCC1CNC(=O)c1cc(S(N)(=O)=O)ccc1OC.NC(=O)c1ccccc1. The zero-order valence-corrected chi connectivity index (χ0v) is 19.1. The number of nitrogens with two attached hydrogens (primary N) is 2. The Morgan fingerprint density at radius 2 is 1.88 bits per heavy atom. The maximum Gasteiger partial charge on any atom is 0.255 e. The van der Waals surface area contributed by atoms with Crippen molar-refractivity contribution in [2.75, 3.05) is 26.7 Å². The number of primary sulfonamides is 1. The fourth-order valence-electron chi connectivity index (χ4n) is 3.49. The average Bonchev–Trinajstić information content (AvgIpc) is 3.25. The van der Waals surface area contributed by atoms with E-state index in [0.717, 1.165) is 25.9 Å². The van der Waals surface area contributed by atoms with Crippen LogP contribution in [0.5, 0.6) is 5.75 Å². The molecule has 1 saturated heterocycles. The van der Waals surface area contributed by atoms with Gasteiger partial charge in [-0.2, -0.15) is 0 Å². The number of carbonyl (C=O) groups excluding carboxylic acids is 2. The Morgan fingerprint density at radius 3 is 2.41 bits per heavy atom. The highest BCUT2D eigenvalue weighted by atomic mass is 32.2. The molecule has 5 N–H and O–H groups in total. The third kappa shape index (κ3) is 7.04. The molecule has 1 aliphatic heterocycles. The lowest BCUT2D eigenvalue weighted by Crippen LogP contribution is -2.40. The first kappa shape index (κ1) is 25.3. The number of primary amides is 1. The van der Waals surface area contributed by atoms with Crippen LogP contribution in [0.15, 0.2) is 53.4 Å². The lowest BCUT2D eigenvalue weighted by molar-refractivity contribution is 0.0937. The Bertz CT molecular complexity index is 1030. The van der Waals surface area contributed by atoms with Gasteiger partial charge in [-0.3, -0.25) is 14.5 Å². The number of amides is 2. The number of likely N-dealkylation sites (tertiary alicyclic amines) is 1. The molecule has 2 amide bonds. The minimum absolute atomic E-state index is 0.112. The number of hydrogen-bond acceptors (Lipinski definition) is 6. The van der Waals surface area contributed by atoms with Crippen molar-refractivity contribution in [2.45, 2.75) is 30.7 Å². The van der Waals surface area contributed by atoms with E-state index in [1.165, 1.54) is 25.3 Å². The average molecular weight is 463 g/mol. The zero-order valence-electron chi connectivity index (χ0n) is 18.3. The molecule has 3 rings (SSSR count). The van der Waals surface area contributed by atoms with E-state index in [2.05, 4.69) is 17.1 Å². The second-order valence-electron chi connectivity index (χ2n) is 7.27. The smallest absolute Gasteiger partial charge is 0.255 e. The molecular weight excluding hydrogens is 432 g/mol. The van der Waals surface area contributed by atoms with Crippen LogP contribution in [-0.2, 0) is 10.0 Å². The highest BCUT2D eigenvalue weighted by molar-refractivity contribution is 7.89. The molecule has 1 fully saturated rings. The molecule has 2 aromatic rings. The number of nitrogens with zero attached hydrogens (tertiary/aromatic N) is 1. The minimum Gasteiger partial charge on any atom is -0.496 e. The quantitative estimate of drug-likeness (QED) is 0.566. The van der Waals surface area contributed by atoms with Gasteiger partial charge in [-0.05, 0) is 56.3 Å². The summed E-state index contributed by atoms with van der Waals surface area (Å²) in [7, 11) is -2.44. The molecule has 0 aromatic heterocycles. The Kier molecular flexibility index (Phi) is 9.18. The van der Waals surface area contributed by atoms with Gasteiger partial charge in [0.05, 0.1) is 17.6 Å². The van der Waals surface area contributed by atoms with Gasteiger partial charge < -0.3 is 15.8 Å². The fraction of sp³-hybridized carbons (Fsp3) is 0.364. The topological polar surface area (TPSA) is 145 Å². The molecule has 9 nitrogen and oxygen atoms in total. The Hall–Kier alpha value is -2.95. The Balaban J connectivity index is 0.000000336. The molecular formula is C22H30N4O5S. The standard InChI is InChI=1S/C15H23N3O4S.C7H7NO/c1-3-18-8-4-5-11(18)10-17-15(19)13-9-12(23(16,20)21)6-7-14(13)22-2;8-7(9)6-4-2-1-3-5-6/h6-7,9,11H,3-5,8,10H2,1-2H3,(H,17,19)(H2,16,20,21);1-5H,(H2,8,9). The highest BCUT2D eigenvalue weighted by Crippen LogP contribution is 2.22. The molecule has 2 aromatic carbocycles. The number of hydrogen-bond donors (Lipinski definition) is 3. The third-order valence-electron chi connectivity index (χ3n) is 5.21. The summed E-state index contributed by atoms with van der Waals surface area (Å²) in [5.74, 6) is -0.431. The van der Waals surface area contributed by atoms with Crippen molar-refractivity contribution in [1.29, 1.82) is 0 Å². The third-order valence-corrected chi connectivity index (χ3v) is 6.12. The number of rotatable bonds is 7. The molecule has 1 atom stereocenters. The number of benzene rings is 2. The van der Waals surface area contributed by atoms with Crippen LogP contribution in [-0.4, -0.2) is 57.9 Å². The van der Waals surface area contributed by atoms with Crippen LogP contribution in [0.2, 0.25) is 0 Å². The van der Waals surface area contributed by atoms with Gasteiger partial charge >= 0.3 is 0 Å². The van der Waals surface area contributed by atoms with E-state index in [9.17, 15) is 18.0 Å². The maximum absolute atomic E-state index is 12.4. The van der Waals surface area contributed by atoms with E-state index >= 15 is 0 Å². The Labute approximate surface area is 188 Å². The number of nitrogens with one attached hydrogen (secondary N) is 1. The van der Waals surface area contributed by atoms with Gasteiger partial charge in [-0.15, -0.1) is 0 Å². The predicted molar refractivity (Wildman–Crippen MR) is 122 cm³/mol. The molecule has 32 heavy (non-hydrogen) atoms. The van der Waals surface area contributed by atoms with E-state index < -0.39 is 10.0 Å². The van der Waals surface area contributed by atoms with Crippen LogP contribution in [0, 0.1) is 0 Å². The molecule has 0 spiro atoms. The molecule has 1 heterocycles. The molecule has 10 heteroatoms. The van der Waals surface area contributed by atoms with Crippen LogP contribution >= 0.6 is 0 Å². The summed E-state index contributed by atoms with van der Waals surface area (Å²) in [5.41, 5.74) is 5.69. The van der Waals surface area contributed by atoms with E-state index in [0.29, 0.717) is 23.9 Å². The second kappa shape index (κ2) is 11.6. The van der Waals surface area contributed by atoms with Gasteiger partial charge in [0, 0.05) is 18.2 Å². The zero-order chi connectivity index (χ0) is 23.7. The molecule has 1 aliphatic rings. The van der Waals surface area contributed by atoms with Gasteiger partial charge in [0.1, 0.15) is 5.75 Å². The summed E-state index contributed by atoms with van der Waals surface area (Å²) in [6.45, 7) is 4.61. The first-order valence-electron chi connectivity index (χ1n) is 10.2. The molecule has 0 bridgehead atoms. The minimum atomic E-state index is -3.87. The molecule has 0 radical (unpaired) electrons. The first-order chi connectivity index (χ1) is 15.2. The van der Waals surface area contributed by atoms with E-state index in [1.807, 2.05) is 6.07 Å². The van der Waals surface area contributed by atoms with Crippen LogP contribution in [0.25, 0.3) is 0 Å². The molecule has 1 unspecified atom stereocenters. The lowest BCUT2D eigenvalue weighted by atomic mass is 10.1. The van der Waals surface area contributed by atoms with Gasteiger partial charge in [-0.1, -0.05) is 25.1 Å². The van der Waals surface area contributed by atoms with Gasteiger partial charge in [0.25, 0.3) is 5.91 Å². The van der Waals surface area contributed by atoms with Crippen molar-refractivity contribution in [3.8, 4) is 5.75 Å². The van der Waals surface area contributed by atoms with Crippen molar-refractivity contribution >= 4 is 21.8 Å². The van der Waals surface area contributed by atoms with Crippen molar-refractivity contribution in [3.63, 3.8) is 0 Å². The number of sulfonamides is 1. The number of carbonyl (C=O) groups is 2. The summed E-state index contributed by atoms with van der Waals surface area (Å²) in [5, 5.41) is 7.98. The van der Waals surface area contributed by atoms with Gasteiger partial charge in [0.2, 0.25) is 15.9 Å². The van der Waals surface area contributed by atoms with Crippen molar-refractivity contribution in [2.24, 2.45) is 10.9 Å². The van der Waals surface area contributed by atoms with Crippen molar-refractivity contribution in [1.82, 2.24) is 10.2 Å². The van der Waals surface area contributed by atoms with Crippen molar-refractivity contribution < 1.29 is 22.7 Å². The molecule has 0 aliphatic carbocycles. The largest absolute Gasteiger partial charge is 0.496 e. The molecule has 0 saturated carbocycles. The fourth-order valence-corrected chi connectivity index (χ4v) is 4.03. The number of likely N-dealkylation sites (N-methyl/N-ethyl adjacent to an activating group) is 1. The second-order valence-corrected chi connectivity index (χ2v) is 8.83.